The van der Waals surface area contributed by atoms with Crippen LogP contribution in [0.4, 0.5) is 11.5 Å². The van der Waals surface area contributed by atoms with E-state index in [0.717, 1.165) is 59.5 Å². The number of carbonyl (C=O) groups excluding carboxylic acids is 1. The zero-order valence-corrected chi connectivity index (χ0v) is 23.5. The van der Waals surface area contributed by atoms with E-state index >= 15 is 0 Å². The summed E-state index contributed by atoms with van der Waals surface area (Å²) in [6.07, 6.45) is 6.60. The third-order valence-electron chi connectivity index (χ3n) is 8.61. The molecule has 1 atom stereocenters. The van der Waals surface area contributed by atoms with Crippen LogP contribution in [0.2, 0.25) is 0 Å². The Balaban J connectivity index is 1.40. The van der Waals surface area contributed by atoms with E-state index in [0.29, 0.717) is 23.0 Å². The number of benzene rings is 2. The van der Waals surface area contributed by atoms with Gasteiger partial charge in [0.15, 0.2) is 5.82 Å². The lowest BCUT2D eigenvalue weighted by Crippen LogP contribution is -2.52. The van der Waals surface area contributed by atoms with Gasteiger partial charge in [0.05, 0.1) is 28.9 Å². The molecule has 0 radical (unpaired) electrons. The summed E-state index contributed by atoms with van der Waals surface area (Å²) in [7, 11) is 1.85. The van der Waals surface area contributed by atoms with Crippen molar-refractivity contribution in [3.63, 3.8) is 0 Å². The standard InChI is InChI=1S/C31H39N7O/c1-20-23(19-32)9-8-12-25(20)21(2)34-30-27-18-29(33-4)28(17-26(27)22(3)35-36-30)31(39)38-15-13-37(14-16-38)24-10-6-5-7-11-24/h8-9,12,17-18,21,24,33H,5-7,10-11,13-16H2,1-4H3,(H,34,36)/t21-/m1/s1. The molecule has 1 aliphatic carbocycles. The van der Waals surface area contributed by atoms with Gasteiger partial charge in [0.25, 0.3) is 5.91 Å². The van der Waals surface area contributed by atoms with Gasteiger partial charge in [0.2, 0.25) is 0 Å². The topological polar surface area (TPSA) is 97.2 Å². The van der Waals surface area contributed by atoms with Crippen molar-refractivity contribution in [2.45, 2.75) is 65.0 Å². The van der Waals surface area contributed by atoms with E-state index in [4.69, 9.17) is 0 Å². The van der Waals surface area contributed by atoms with Gasteiger partial charge in [-0.15, -0.1) is 5.10 Å². The van der Waals surface area contributed by atoms with Crippen molar-refractivity contribution >= 4 is 28.2 Å². The fourth-order valence-corrected chi connectivity index (χ4v) is 6.25. The third kappa shape index (κ3) is 5.41. The fourth-order valence-electron chi connectivity index (χ4n) is 6.25. The summed E-state index contributed by atoms with van der Waals surface area (Å²) in [5, 5.41) is 26.9. The number of nitrogens with zero attached hydrogens (tertiary/aromatic N) is 5. The summed E-state index contributed by atoms with van der Waals surface area (Å²) in [4.78, 5) is 18.3. The second-order valence-electron chi connectivity index (χ2n) is 10.9. The number of carbonyl (C=O) groups is 1. The van der Waals surface area contributed by atoms with Gasteiger partial charge in [0.1, 0.15) is 0 Å². The minimum atomic E-state index is -0.0849. The molecule has 2 N–H and O–H groups in total. The van der Waals surface area contributed by atoms with E-state index < -0.39 is 0 Å². The first-order valence-electron chi connectivity index (χ1n) is 14.2. The molecule has 8 nitrogen and oxygen atoms in total. The zero-order chi connectivity index (χ0) is 27.5. The number of nitrogens with one attached hydrogen (secondary N) is 2. The lowest BCUT2D eigenvalue weighted by molar-refractivity contribution is 0.0524. The van der Waals surface area contributed by atoms with Crippen LogP contribution in [0.3, 0.4) is 0 Å². The zero-order valence-electron chi connectivity index (χ0n) is 23.5. The van der Waals surface area contributed by atoms with Crippen LogP contribution in [-0.2, 0) is 0 Å². The first kappa shape index (κ1) is 26.9. The first-order valence-corrected chi connectivity index (χ1v) is 14.2. The lowest BCUT2D eigenvalue weighted by atomic mass is 9.94. The smallest absolute Gasteiger partial charge is 0.256 e. The Kier molecular flexibility index (Phi) is 7.99. The predicted molar refractivity (Wildman–Crippen MR) is 156 cm³/mol. The molecule has 5 rings (SSSR count). The van der Waals surface area contributed by atoms with Gasteiger partial charge in [-0.3, -0.25) is 9.69 Å². The highest BCUT2D eigenvalue weighted by Gasteiger charge is 2.29. The Hall–Kier alpha value is -3.70. The van der Waals surface area contributed by atoms with Crippen molar-refractivity contribution in [2.75, 3.05) is 43.9 Å². The monoisotopic (exact) mass is 525 g/mol. The number of piperazine rings is 1. The summed E-state index contributed by atoms with van der Waals surface area (Å²) in [5.74, 6) is 0.717. The number of nitriles is 1. The number of aromatic nitrogens is 2. The van der Waals surface area contributed by atoms with Gasteiger partial charge in [0, 0.05) is 55.7 Å². The maximum absolute atomic E-state index is 13.8. The Labute approximate surface area is 231 Å². The summed E-state index contributed by atoms with van der Waals surface area (Å²) in [6, 6.07) is 12.6. The molecule has 2 aliphatic rings. The molecule has 39 heavy (non-hydrogen) atoms. The van der Waals surface area contributed by atoms with Crippen molar-refractivity contribution in [3.05, 3.63) is 58.3 Å². The van der Waals surface area contributed by atoms with E-state index in [9.17, 15) is 10.1 Å². The molecule has 0 unspecified atom stereocenters. The summed E-state index contributed by atoms with van der Waals surface area (Å²) >= 11 is 0. The summed E-state index contributed by atoms with van der Waals surface area (Å²) < 4.78 is 0. The molecule has 1 saturated heterocycles. The Morgan fingerprint density at radius 1 is 1.05 bits per heavy atom. The third-order valence-corrected chi connectivity index (χ3v) is 8.61. The SMILES string of the molecule is CNc1cc2c(N[C@H](C)c3cccc(C#N)c3C)nnc(C)c2cc1C(=O)N1CCN(C2CCCCC2)CC1. The van der Waals surface area contributed by atoms with Crippen LogP contribution in [0.15, 0.2) is 30.3 Å². The molecule has 204 valence electrons. The van der Waals surface area contributed by atoms with E-state index in [-0.39, 0.29) is 11.9 Å². The molecule has 1 amide bonds. The van der Waals surface area contributed by atoms with Crippen LogP contribution in [-0.4, -0.2) is 65.2 Å². The second kappa shape index (κ2) is 11.6. The Bertz CT molecular complexity index is 1400. The minimum Gasteiger partial charge on any atom is -0.387 e. The van der Waals surface area contributed by atoms with Crippen LogP contribution in [0, 0.1) is 25.2 Å². The van der Waals surface area contributed by atoms with E-state index in [1.807, 2.05) is 56.1 Å². The van der Waals surface area contributed by atoms with Crippen molar-refractivity contribution in [1.29, 1.82) is 5.26 Å². The highest BCUT2D eigenvalue weighted by atomic mass is 16.2. The van der Waals surface area contributed by atoms with Gasteiger partial charge < -0.3 is 15.5 Å². The molecule has 8 heteroatoms. The predicted octanol–water partition coefficient (Wildman–Crippen LogP) is 5.42. The number of anilines is 2. The highest BCUT2D eigenvalue weighted by molar-refractivity contribution is 6.06. The number of rotatable bonds is 6. The van der Waals surface area contributed by atoms with Crippen molar-refractivity contribution < 1.29 is 4.79 Å². The molecule has 1 aliphatic heterocycles. The highest BCUT2D eigenvalue weighted by Crippen LogP contribution is 2.33. The van der Waals surface area contributed by atoms with Gasteiger partial charge in [-0.25, -0.2) is 0 Å². The summed E-state index contributed by atoms with van der Waals surface area (Å²) in [6.45, 7) is 9.37. The van der Waals surface area contributed by atoms with Crippen LogP contribution >= 0.6 is 0 Å². The summed E-state index contributed by atoms with van der Waals surface area (Å²) in [5.41, 5.74) is 4.90. The maximum atomic E-state index is 13.8. The molecule has 3 aromatic rings. The van der Waals surface area contributed by atoms with Gasteiger partial charge in [-0.05, 0) is 62.9 Å². The molecular formula is C31H39N7O. The number of hydrogen-bond donors (Lipinski definition) is 2. The minimum absolute atomic E-state index is 0.0626. The van der Waals surface area contributed by atoms with Gasteiger partial charge in [-0.1, -0.05) is 31.4 Å². The van der Waals surface area contributed by atoms with Crippen molar-refractivity contribution in [3.8, 4) is 6.07 Å². The van der Waals surface area contributed by atoms with Crippen LogP contribution in [0.25, 0.3) is 10.8 Å². The quantitative estimate of drug-likeness (QED) is 0.443. The molecule has 2 fully saturated rings. The van der Waals surface area contributed by atoms with Crippen molar-refractivity contribution in [1.82, 2.24) is 20.0 Å². The Morgan fingerprint density at radius 3 is 2.49 bits per heavy atom. The van der Waals surface area contributed by atoms with Crippen LogP contribution in [0.1, 0.15) is 77.8 Å². The average Bonchev–Trinajstić information content (AvgIpc) is 2.98. The molecule has 0 bridgehead atoms. The number of hydrogen-bond acceptors (Lipinski definition) is 7. The molecule has 2 aromatic carbocycles. The molecule has 1 aromatic heterocycles. The Morgan fingerprint density at radius 2 is 1.79 bits per heavy atom. The van der Waals surface area contributed by atoms with E-state index in [1.54, 1.807) is 0 Å². The van der Waals surface area contributed by atoms with E-state index in [2.05, 4.69) is 38.7 Å². The molecular weight excluding hydrogens is 486 g/mol. The maximum Gasteiger partial charge on any atom is 0.256 e. The first-order chi connectivity index (χ1) is 18.9. The molecule has 2 heterocycles. The fraction of sp³-hybridized carbons (Fsp3) is 0.484. The van der Waals surface area contributed by atoms with Gasteiger partial charge >= 0.3 is 0 Å². The average molecular weight is 526 g/mol. The van der Waals surface area contributed by atoms with Crippen LogP contribution in [0.5, 0.6) is 0 Å². The molecule has 0 spiro atoms. The number of aryl methyl sites for hydroxylation is 1. The van der Waals surface area contributed by atoms with Crippen LogP contribution < -0.4 is 10.6 Å². The normalized spacial score (nSPS) is 17.6. The van der Waals surface area contributed by atoms with Gasteiger partial charge in [-0.2, -0.15) is 10.4 Å². The van der Waals surface area contributed by atoms with Crippen molar-refractivity contribution in [2.24, 2.45) is 0 Å². The lowest BCUT2D eigenvalue weighted by Gasteiger charge is -2.40. The molecule has 1 saturated carbocycles. The second-order valence-corrected chi connectivity index (χ2v) is 10.9. The number of fused-ring (bicyclic) bond motifs is 1. The van der Waals surface area contributed by atoms with E-state index in [1.165, 1.54) is 32.1 Å². The number of amides is 1. The largest absolute Gasteiger partial charge is 0.387 e.